The first-order valence-electron chi connectivity index (χ1n) is 6.90. The fraction of sp³-hybridized carbons (Fsp3) is 0.600. The second-order valence-corrected chi connectivity index (χ2v) is 5.46. The number of nitrogens with zero attached hydrogens (tertiary/aromatic N) is 1. The van der Waals surface area contributed by atoms with Crippen LogP contribution in [-0.2, 0) is 0 Å². The minimum atomic E-state index is -0.277. The van der Waals surface area contributed by atoms with E-state index in [4.69, 9.17) is 10.5 Å². The Kier molecular flexibility index (Phi) is 4.32. The van der Waals surface area contributed by atoms with Gasteiger partial charge in [0.2, 0.25) is 0 Å². The van der Waals surface area contributed by atoms with Crippen LogP contribution < -0.4 is 15.4 Å². The molecule has 0 radical (unpaired) electrons. The molecule has 2 unspecified atom stereocenters. The third-order valence-corrected chi connectivity index (χ3v) is 3.98. The van der Waals surface area contributed by atoms with Crippen LogP contribution in [-0.4, -0.2) is 31.4 Å². The summed E-state index contributed by atoms with van der Waals surface area (Å²) >= 11 is 0. The fourth-order valence-electron chi connectivity index (χ4n) is 2.71. The lowest BCUT2D eigenvalue weighted by atomic mass is 9.94. The number of β-amino-alcohol motifs (C(OH)–C–C–N with tert-alkyl or cyclic N) is 1. The standard InChI is InChI=1S/C15H24N2O2/c1-10-7-8-17(9-13(10)18)12-5-4-6-14(19-3)15(12)11(2)16/h4-6,10-11,13,18H,7-9,16H2,1-3H3/t10?,11-,13?/m0/s1. The van der Waals surface area contributed by atoms with Crippen molar-refractivity contribution in [2.45, 2.75) is 32.4 Å². The smallest absolute Gasteiger partial charge is 0.125 e. The van der Waals surface area contributed by atoms with E-state index in [0.29, 0.717) is 12.5 Å². The number of aliphatic hydroxyl groups is 1. The highest BCUT2D eigenvalue weighted by Gasteiger charge is 2.27. The Balaban J connectivity index is 2.34. The van der Waals surface area contributed by atoms with Crippen LogP contribution in [0.4, 0.5) is 5.69 Å². The second-order valence-electron chi connectivity index (χ2n) is 5.46. The van der Waals surface area contributed by atoms with E-state index in [9.17, 15) is 5.11 Å². The number of anilines is 1. The summed E-state index contributed by atoms with van der Waals surface area (Å²) in [6.45, 7) is 5.67. The van der Waals surface area contributed by atoms with Gasteiger partial charge in [0.05, 0.1) is 13.2 Å². The number of rotatable bonds is 3. The molecule has 4 heteroatoms. The number of benzene rings is 1. The summed E-state index contributed by atoms with van der Waals surface area (Å²) in [5.41, 5.74) is 8.19. The van der Waals surface area contributed by atoms with Crippen LogP contribution >= 0.6 is 0 Å². The predicted molar refractivity (Wildman–Crippen MR) is 77.6 cm³/mol. The van der Waals surface area contributed by atoms with E-state index in [2.05, 4.69) is 17.9 Å². The Morgan fingerprint density at radius 3 is 2.79 bits per heavy atom. The molecule has 1 heterocycles. The minimum absolute atomic E-state index is 0.0948. The lowest BCUT2D eigenvalue weighted by Gasteiger charge is -2.37. The van der Waals surface area contributed by atoms with Gasteiger partial charge in [0.25, 0.3) is 0 Å². The van der Waals surface area contributed by atoms with E-state index in [-0.39, 0.29) is 12.1 Å². The van der Waals surface area contributed by atoms with Crippen LogP contribution in [0.2, 0.25) is 0 Å². The molecule has 3 atom stereocenters. The van der Waals surface area contributed by atoms with Gasteiger partial charge in [0.1, 0.15) is 5.75 Å². The molecule has 1 aliphatic rings. The summed E-state index contributed by atoms with van der Waals surface area (Å²) in [6.07, 6.45) is 0.720. The highest BCUT2D eigenvalue weighted by molar-refractivity contribution is 5.61. The molecule has 0 bridgehead atoms. The molecule has 4 nitrogen and oxygen atoms in total. The van der Waals surface area contributed by atoms with Crippen molar-refractivity contribution in [2.75, 3.05) is 25.1 Å². The largest absolute Gasteiger partial charge is 0.496 e. The van der Waals surface area contributed by atoms with Crippen LogP contribution in [0.1, 0.15) is 31.9 Å². The molecule has 1 saturated heterocycles. The molecule has 0 aliphatic carbocycles. The van der Waals surface area contributed by atoms with Crippen molar-refractivity contribution in [1.82, 2.24) is 0 Å². The third-order valence-electron chi connectivity index (χ3n) is 3.98. The van der Waals surface area contributed by atoms with Gasteiger partial charge in [0.15, 0.2) is 0 Å². The summed E-state index contributed by atoms with van der Waals surface area (Å²) < 4.78 is 5.42. The monoisotopic (exact) mass is 264 g/mol. The number of methoxy groups -OCH3 is 1. The normalized spacial score (nSPS) is 25.2. The molecular formula is C15H24N2O2. The Morgan fingerprint density at radius 2 is 2.21 bits per heavy atom. The molecule has 19 heavy (non-hydrogen) atoms. The Labute approximate surface area is 115 Å². The zero-order chi connectivity index (χ0) is 14.0. The predicted octanol–water partition coefficient (Wildman–Crippen LogP) is 1.92. The lowest BCUT2D eigenvalue weighted by molar-refractivity contribution is 0.103. The second kappa shape index (κ2) is 5.80. The lowest BCUT2D eigenvalue weighted by Crippen LogP contribution is -2.43. The summed E-state index contributed by atoms with van der Waals surface area (Å²) in [4.78, 5) is 2.21. The summed E-state index contributed by atoms with van der Waals surface area (Å²) in [5, 5.41) is 10.1. The van der Waals surface area contributed by atoms with Crippen LogP contribution in [0.25, 0.3) is 0 Å². The van der Waals surface area contributed by atoms with Crippen LogP contribution in [0.15, 0.2) is 18.2 Å². The molecule has 3 N–H and O–H groups in total. The quantitative estimate of drug-likeness (QED) is 0.875. The average Bonchev–Trinajstić information content (AvgIpc) is 2.40. The SMILES string of the molecule is COc1cccc(N2CCC(C)C(O)C2)c1[C@H](C)N. The van der Waals surface area contributed by atoms with Gasteiger partial charge in [-0.2, -0.15) is 0 Å². The number of ether oxygens (including phenoxy) is 1. The van der Waals surface area contributed by atoms with Gasteiger partial charge < -0.3 is 20.5 Å². The van der Waals surface area contributed by atoms with Gasteiger partial charge in [-0.05, 0) is 31.4 Å². The van der Waals surface area contributed by atoms with Crippen molar-refractivity contribution < 1.29 is 9.84 Å². The van der Waals surface area contributed by atoms with E-state index < -0.39 is 0 Å². The molecule has 0 amide bonds. The summed E-state index contributed by atoms with van der Waals surface area (Å²) in [7, 11) is 1.66. The van der Waals surface area contributed by atoms with Gasteiger partial charge in [0, 0.05) is 30.4 Å². The van der Waals surface area contributed by atoms with Crippen molar-refractivity contribution in [3.63, 3.8) is 0 Å². The van der Waals surface area contributed by atoms with Crippen molar-refractivity contribution >= 4 is 5.69 Å². The van der Waals surface area contributed by atoms with E-state index in [1.54, 1.807) is 7.11 Å². The summed E-state index contributed by atoms with van der Waals surface area (Å²) in [5.74, 6) is 1.18. The summed E-state index contributed by atoms with van der Waals surface area (Å²) in [6, 6.07) is 5.88. The molecule has 0 saturated carbocycles. The highest BCUT2D eigenvalue weighted by Crippen LogP contribution is 2.35. The topological polar surface area (TPSA) is 58.7 Å². The fourth-order valence-corrected chi connectivity index (χ4v) is 2.71. The Morgan fingerprint density at radius 1 is 1.47 bits per heavy atom. The molecule has 0 spiro atoms. The van der Waals surface area contributed by atoms with Crippen LogP contribution in [0.5, 0.6) is 5.75 Å². The number of piperidine rings is 1. The van der Waals surface area contributed by atoms with E-state index in [1.165, 1.54) is 0 Å². The van der Waals surface area contributed by atoms with Gasteiger partial charge in [-0.3, -0.25) is 0 Å². The maximum atomic E-state index is 10.1. The van der Waals surface area contributed by atoms with Crippen molar-refractivity contribution in [3.05, 3.63) is 23.8 Å². The molecule has 1 aliphatic heterocycles. The third kappa shape index (κ3) is 2.85. The Hall–Kier alpha value is -1.26. The minimum Gasteiger partial charge on any atom is -0.496 e. The molecule has 1 aromatic rings. The zero-order valence-corrected chi connectivity index (χ0v) is 12.0. The first kappa shape index (κ1) is 14.2. The van der Waals surface area contributed by atoms with Gasteiger partial charge >= 0.3 is 0 Å². The van der Waals surface area contributed by atoms with E-state index >= 15 is 0 Å². The first-order chi connectivity index (χ1) is 9.04. The number of aliphatic hydroxyl groups excluding tert-OH is 1. The average molecular weight is 264 g/mol. The molecule has 1 aromatic carbocycles. The van der Waals surface area contributed by atoms with E-state index in [1.807, 2.05) is 19.1 Å². The van der Waals surface area contributed by atoms with Crippen molar-refractivity contribution in [2.24, 2.45) is 11.7 Å². The van der Waals surface area contributed by atoms with Crippen LogP contribution in [0.3, 0.4) is 0 Å². The van der Waals surface area contributed by atoms with Gasteiger partial charge in [-0.25, -0.2) is 0 Å². The zero-order valence-electron chi connectivity index (χ0n) is 12.0. The molecule has 0 aromatic heterocycles. The number of hydrogen-bond acceptors (Lipinski definition) is 4. The highest BCUT2D eigenvalue weighted by atomic mass is 16.5. The van der Waals surface area contributed by atoms with Crippen molar-refractivity contribution in [3.8, 4) is 5.75 Å². The Bertz CT molecular complexity index is 434. The van der Waals surface area contributed by atoms with Crippen LogP contribution in [0, 0.1) is 5.92 Å². The molecular weight excluding hydrogens is 240 g/mol. The molecule has 2 rings (SSSR count). The van der Waals surface area contributed by atoms with Gasteiger partial charge in [-0.1, -0.05) is 13.0 Å². The van der Waals surface area contributed by atoms with Crippen molar-refractivity contribution in [1.29, 1.82) is 0 Å². The molecule has 1 fully saturated rings. The molecule has 106 valence electrons. The maximum absolute atomic E-state index is 10.1. The number of hydrogen-bond donors (Lipinski definition) is 2. The van der Waals surface area contributed by atoms with Gasteiger partial charge in [-0.15, -0.1) is 0 Å². The maximum Gasteiger partial charge on any atom is 0.125 e. The first-order valence-corrected chi connectivity index (χ1v) is 6.90. The van der Waals surface area contributed by atoms with E-state index in [0.717, 1.165) is 30.0 Å². The number of nitrogens with two attached hydrogens (primary N) is 1.